The Bertz CT molecular complexity index is 660. The fraction of sp³-hybridized carbons (Fsp3) is 0.350. The van der Waals surface area contributed by atoms with E-state index in [0.717, 1.165) is 36.3 Å². The van der Waals surface area contributed by atoms with Crippen LogP contribution in [-0.4, -0.2) is 26.9 Å². The van der Waals surface area contributed by atoms with E-state index in [1.165, 1.54) is 5.56 Å². The molecule has 0 aromatic heterocycles. The average molecular weight is 343 g/mol. The van der Waals surface area contributed by atoms with Gasteiger partial charge in [0.25, 0.3) is 0 Å². The van der Waals surface area contributed by atoms with Crippen molar-refractivity contribution < 1.29 is 19.0 Å². The van der Waals surface area contributed by atoms with Crippen LogP contribution in [0.15, 0.2) is 42.5 Å². The molecule has 2 aromatic rings. The molecule has 5 nitrogen and oxygen atoms in total. The Kier molecular flexibility index (Phi) is 7.14. The number of rotatable bonds is 8. The molecule has 0 aliphatic heterocycles. The Hall–Kier alpha value is -2.69. The van der Waals surface area contributed by atoms with E-state index in [0.29, 0.717) is 12.3 Å². The minimum atomic E-state index is -0.418. The number of methoxy groups -OCH3 is 2. The highest BCUT2D eigenvalue weighted by atomic mass is 16.6. The number of ether oxygens (including phenoxy) is 3. The molecular weight excluding hydrogens is 318 g/mol. The number of hydrogen-bond acceptors (Lipinski definition) is 4. The standard InChI is InChI=1S/C20H25NO4/c1-4-11-21-20(22)25-17-9-7-15(8-10-17)5-6-16-12-18(23-2)14-19(13-16)24-3/h7-10,12-14H,4-6,11H2,1-3H3,(H,21,22). The number of nitrogens with one attached hydrogen (secondary N) is 1. The highest BCUT2D eigenvalue weighted by Crippen LogP contribution is 2.23. The van der Waals surface area contributed by atoms with Gasteiger partial charge in [0, 0.05) is 12.6 Å². The van der Waals surface area contributed by atoms with Gasteiger partial charge in [-0.15, -0.1) is 0 Å². The third-order valence-corrected chi connectivity index (χ3v) is 3.77. The minimum Gasteiger partial charge on any atom is -0.497 e. The Morgan fingerprint density at radius 2 is 1.48 bits per heavy atom. The first-order valence-corrected chi connectivity index (χ1v) is 8.41. The second kappa shape index (κ2) is 9.57. The van der Waals surface area contributed by atoms with E-state index in [1.807, 2.05) is 49.4 Å². The first-order valence-electron chi connectivity index (χ1n) is 8.41. The second-order valence-corrected chi connectivity index (χ2v) is 5.68. The lowest BCUT2D eigenvalue weighted by atomic mass is 10.0. The molecule has 0 saturated carbocycles. The fourth-order valence-electron chi connectivity index (χ4n) is 2.39. The SMILES string of the molecule is CCCNC(=O)Oc1ccc(CCc2cc(OC)cc(OC)c2)cc1. The summed E-state index contributed by atoms with van der Waals surface area (Å²) in [4.78, 5) is 11.5. The molecule has 1 N–H and O–H groups in total. The van der Waals surface area contributed by atoms with Crippen molar-refractivity contribution >= 4 is 6.09 Å². The summed E-state index contributed by atoms with van der Waals surface area (Å²) >= 11 is 0. The lowest BCUT2D eigenvalue weighted by molar-refractivity contribution is 0.200. The number of amides is 1. The highest BCUT2D eigenvalue weighted by molar-refractivity contribution is 5.70. The van der Waals surface area contributed by atoms with Gasteiger partial charge in [-0.2, -0.15) is 0 Å². The van der Waals surface area contributed by atoms with E-state index >= 15 is 0 Å². The van der Waals surface area contributed by atoms with Crippen LogP contribution in [0.1, 0.15) is 24.5 Å². The molecule has 0 heterocycles. The van der Waals surface area contributed by atoms with Gasteiger partial charge in [-0.1, -0.05) is 19.1 Å². The van der Waals surface area contributed by atoms with Crippen LogP contribution in [0.5, 0.6) is 17.2 Å². The first-order chi connectivity index (χ1) is 12.1. The molecule has 0 aliphatic carbocycles. The highest BCUT2D eigenvalue weighted by Gasteiger charge is 2.05. The van der Waals surface area contributed by atoms with Gasteiger partial charge in [0.2, 0.25) is 0 Å². The zero-order valence-electron chi connectivity index (χ0n) is 15.0. The molecule has 0 bridgehead atoms. The molecular formula is C20H25NO4. The largest absolute Gasteiger partial charge is 0.497 e. The summed E-state index contributed by atoms with van der Waals surface area (Å²) in [7, 11) is 3.29. The van der Waals surface area contributed by atoms with Crippen LogP contribution < -0.4 is 19.5 Å². The normalized spacial score (nSPS) is 10.2. The predicted molar refractivity (Wildman–Crippen MR) is 97.7 cm³/mol. The van der Waals surface area contributed by atoms with Gasteiger partial charge in [0.1, 0.15) is 17.2 Å². The Labute approximate surface area is 148 Å². The molecule has 0 fully saturated rings. The number of benzene rings is 2. The number of aryl methyl sites for hydroxylation is 2. The van der Waals surface area contributed by atoms with Gasteiger partial charge in [-0.05, 0) is 54.7 Å². The van der Waals surface area contributed by atoms with Crippen molar-refractivity contribution in [2.75, 3.05) is 20.8 Å². The predicted octanol–water partition coefficient (Wildman–Crippen LogP) is 3.99. The van der Waals surface area contributed by atoms with Crippen molar-refractivity contribution in [3.8, 4) is 17.2 Å². The van der Waals surface area contributed by atoms with Crippen molar-refractivity contribution in [1.82, 2.24) is 5.32 Å². The van der Waals surface area contributed by atoms with Gasteiger partial charge < -0.3 is 19.5 Å². The van der Waals surface area contributed by atoms with E-state index < -0.39 is 6.09 Å². The third kappa shape index (κ3) is 6.03. The molecule has 0 atom stereocenters. The topological polar surface area (TPSA) is 56.8 Å². The lowest BCUT2D eigenvalue weighted by Gasteiger charge is -2.09. The molecule has 1 amide bonds. The van der Waals surface area contributed by atoms with Gasteiger partial charge in [0.15, 0.2) is 0 Å². The molecule has 25 heavy (non-hydrogen) atoms. The van der Waals surface area contributed by atoms with E-state index in [2.05, 4.69) is 5.32 Å². The fourth-order valence-corrected chi connectivity index (χ4v) is 2.39. The summed E-state index contributed by atoms with van der Waals surface area (Å²) in [5, 5.41) is 2.68. The van der Waals surface area contributed by atoms with Gasteiger partial charge in [0.05, 0.1) is 14.2 Å². The minimum absolute atomic E-state index is 0.418. The summed E-state index contributed by atoms with van der Waals surface area (Å²) in [6, 6.07) is 13.5. The molecule has 0 aliphatic rings. The van der Waals surface area contributed by atoms with Gasteiger partial charge in [-0.3, -0.25) is 0 Å². The van der Waals surface area contributed by atoms with Crippen molar-refractivity contribution in [2.24, 2.45) is 0 Å². The summed E-state index contributed by atoms with van der Waals surface area (Å²) in [5.41, 5.74) is 2.32. The zero-order valence-corrected chi connectivity index (χ0v) is 15.0. The zero-order chi connectivity index (χ0) is 18.1. The monoisotopic (exact) mass is 343 g/mol. The van der Waals surface area contributed by atoms with Crippen LogP contribution in [0, 0.1) is 0 Å². The van der Waals surface area contributed by atoms with Crippen LogP contribution in [0.3, 0.4) is 0 Å². The maximum atomic E-state index is 11.5. The summed E-state index contributed by atoms with van der Waals surface area (Å²) in [6.07, 6.45) is 2.20. The van der Waals surface area contributed by atoms with Crippen molar-refractivity contribution in [1.29, 1.82) is 0 Å². The smallest absolute Gasteiger partial charge is 0.412 e. The maximum Gasteiger partial charge on any atom is 0.412 e. The van der Waals surface area contributed by atoms with Gasteiger partial charge in [-0.25, -0.2) is 4.79 Å². The number of carbonyl (C=O) groups excluding carboxylic acids is 1. The van der Waals surface area contributed by atoms with E-state index in [-0.39, 0.29) is 0 Å². The summed E-state index contributed by atoms with van der Waals surface area (Å²) in [6.45, 7) is 2.61. The Morgan fingerprint density at radius 1 is 0.880 bits per heavy atom. The number of carbonyl (C=O) groups is 1. The Balaban J connectivity index is 1.92. The molecule has 0 unspecified atom stereocenters. The van der Waals surface area contributed by atoms with Crippen molar-refractivity contribution in [2.45, 2.75) is 26.2 Å². The first kappa shape index (κ1) is 18.6. The molecule has 2 rings (SSSR count). The molecule has 0 saturated heterocycles. The molecule has 2 aromatic carbocycles. The van der Waals surface area contributed by atoms with Crippen LogP contribution in [-0.2, 0) is 12.8 Å². The van der Waals surface area contributed by atoms with Crippen LogP contribution >= 0.6 is 0 Å². The lowest BCUT2D eigenvalue weighted by Crippen LogP contribution is -2.27. The van der Waals surface area contributed by atoms with E-state index in [9.17, 15) is 4.79 Å². The summed E-state index contributed by atoms with van der Waals surface area (Å²) < 4.78 is 15.8. The molecule has 134 valence electrons. The van der Waals surface area contributed by atoms with Crippen LogP contribution in [0.25, 0.3) is 0 Å². The second-order valence-electron chi connectivity index (χ2n) is 5.68. The van der Waals surface area contributed by atoms with Crippen molar-refractivity contribution in [3.05, 3.63) is 53.6 Å². The molecule has 5 heteroatoms. The average Bonchev–Trinajstić information content (AvgIpc) is 2.65. The van der Waals surface area contributed by atoms with E-state index in [4.69, 9.17) is 14.2 Å². The quantitative estimate of drug-likeness (QED) is 0.787. The summed E-state index contributed by atoms with van der Waals surface area (Å²) in [5.74, 6) is 2.12. The maximum absolute atomic E-state index is 11.5. The third-order valence-electron chi connectivity index (χ3n) is 3.77. The number of hydrogen-bond donors (Lipinski definition) is 1. The molecule has 0 radical (unpaired) electrons. The van der Waals surface area contributed by atoms with Crippen LogP contribution in [0.4, 0.5) is 4.79 Å². The van der Waals surface area contributed by atoms with Crippen molar-refractivity contribution in [3.63, 3.8) is 0 Å². The Morgan fingerprint density at radius 3 is 2.04 bits per heavy atom. The van der Waals surface area contributed by atoms with Gasteiger partial charge >= 0.3 is 6.09 Å². The van der Waals surface area contributed by atoms with Crippen LogP contribution in [0.2, 0.25) is 0 Å². The van der Waals surface area contributed by atoms with E-state index in [1.54, 1.807) is 14.2 Å². The molecule has 0 spiro atoms.